The number of nitrogens with zero attached hydrogens (tertiary/aromatic N) is 5. The fourth-order valence-electron chi connectivity index (χ4n) is 2.70. The lowest BCUT2D eigenvalue weighted by Gasteiger charge is -2.04. The molecule has 0 atom stereocenters. The molecule has 102 valence electrons. The Kier molecular flexibility index (Phi) is 2.45. The molecule has 0 aliphatic heterocycles. The number of fused-ring (bicyclic) bond motifs is 2. The molecule has 7 heteroatoms. The molecule has 0 aromatic carbocycles. The summed E-state index contributed by atoms with van der Waals surface area (Å²) in [6.45, 7) is 0.648. The van der Waals surface area contributed by atoms with Crippen molar-refractivity contribution in [3.63, 3.8) is 0 Å². The summed E-state index contributed by atoms with van der Waals surface area (Å²) in [4.78, 5) is 13.0. The molecular formula is C13H15N7. The molecule has 0 unspecified atom stereocenters. The molecule has 3 heterocycles. The summed E-state index contributed by atoms with van der Waals surface area (Å²) >= 11 is 0. The first-order valence-corrected chi connectivity index (χ1v) is 6.74. The van der Waals surface area contributed by atoms with Gasteiger partial charge in [0, 0.05) is 12.7 Å². The van der Waals surface area contributed by atoms with E-state index in [1.807, 2.05) is 11.6 Å². The van der Waals surface area contributed by atoms with Crippen LogP contribution in [0.3, 0.4) is 0 Å². The summed E-state index contributed by atoms with van der Waals surface area (Å²) in [5.41, 5.74) is 5.35. The number of hydrogen-bond donors (Lipinski definition) is 2. The molecule has 1 aliphatic carbocycles. The summed E-state index contributed by atoms with van der Waals surface area (Å²) in [6, 6.07) is 0. The Balaban J connectivity index is 1.56. The van der Waals surface area contributed by atoms with Gasteiger partial charge in [0.25, 0.3) is 0 Å². The van der Waals surface area contributed by atoms with Crippen LogP contribution in [-0.4, -0.2) is 29.7 Å². The Bertz CT molecular complexity index is 770. The quantitative estimate of drug-likeness (QED) is 0.746. The molecule has 3 aromatic heterocycles. The van der Waals surface area contributed by atoms with Crippen LogP contribution in [0.5, 0.6) is 0 Å². The Hall–Kier alpha value is -2.44. The number of anilines is 1. The highest BCUT2D eigenvalue weighted by atomic mass is 15.2. The fraction of sp³-hybridized carbons (Fsp3) is 0.385. The Labute approximate surface area is 115 Å². The third-order valence-electron chi connectivity index (χ3n) is 3.76. The average Bonchev–Trinajstić information content (AvgIpc) is 3.14. The summed E-state index contributed by atoms with van der Waals surface area (Å²) in [7, 11) is 1.92. The van der Waals surface area contributed by atoms with Crippen molar-refractivity contribution in [1.29, 1.82) is 0 Å². The summed E-state index contributed by atoms with van der Waals surface area (Å²) in [5.74, 6) is 0.607. The maximum absolute atomic E-state index is 4.47. The second-order valence-electron chi connectivity index (χ2n) is 5.09. The van der Waals surface area contributed by atoms with Crippen LogP contribution < -0.4 is 5.32 Å². The zero-order valence-electron chi connectivity index (χ0n) is 11.2. The molecule has 20 heavy (non-hydrogen) atoms. The van der Waals surface area contributed by atoms with Gasteiger partial charge in [-0.15, -0.1) is 0 Å². The van der Waals surface area contributed by atoms with E-state index in [1.165, 1.54) is 17.7 Å². The zero-order valence-corrected chi connectivity index (χ0v) is 11.2. The minimum Gasteiger partial charge on any atom is -0.348 e. The van der Waals surface area contributed by atoms with E-state index in [4.69, 9.17) is 0 Å². The first-order chi connectivity index (χ1) is 9.81. The largest absolute Gasteiger partial charge is 0.348 e. The van der Waals surface area contributed by atoms with E-state index in [0.717, 1.165) is 29.7 Å². The first kappa shape index (κ1) is 11.4. The number of nitrogens with one attached hydrogen (secondary N) is 2. The van der Waals surface area contributed by atoms with Crippen LogP contribution in [0.25, 0.3) is 11.2 Å². The number of aryl methyl sites for hydroxylation is 2. The molecule has 4 rings (SSSR count). The van der Waals surface area contributed by atoms with E-state index >= 15 is 0 Å². The third kappa shape index (κ3) is 1.74. The van der Waals surface area contributed by atoms with Gasteiger partial charge in [0.2, 0.25) is 5.95 Å². The number of aromatic amines is 1. The number of rotatable bonds is 3. The third-order valence-corrected chi connectivity index (χ3v) is 3.76. The standard InChI is InChI=1S/C13H15N7/c1-20-7-16-11-6-15-13(17-12(11)20)14-5-10-8-3-2-4-9(8)18-19-10/h6-7H,2-5H2,1H3,(H,18,19)(H,14,15,17). The molecule has 2 N–H and O–H groups in total. The maximum atomic E-state index is 4.47. The topological polar surface area (TPSA) is 84.3 Å². The van der Waals surface area contributed by atoms with E-state index in [2.05, 4.69) is 30.5 Å². The lowest BCUT2D eigenvalue weighted by atomic mass is 10.2. The second-order valence-corrected chi connectivity index (χ2v) is 5.09. The van der Waals surface area contributed by atoms with Crippen LogP contribution >= 0.6 is 0 Å². The monoisotopic (exact) mass is 269 g/mol. The molecule has 3 aromatic rings. The predicted octanol–water partition coefficient (Wildman–Crippen LogP) is 1.19. The minimum absolute atomic E-state index is 0.607. The van der Waals surface area contributed by atoms with E-state index < -0.39 is 0 Å². The molecule has 0 saturated carbocycles. The summed E-state index contributed by atoms with van der Waals surface area (Å²) < 4.78 is 1.88. The number of imidazole rings is 1. The van der Waals surface area contributed by atoms with E-state index in [9.17, 15) is 0 Å². The Morgan fingerprint density at radius 3 is 3.25 bits per heavy atom. The van der Waals surface area contributed by atoms with Gasteiger partial charge in [0.05, 0.1) is 24.8 Å². The van der Waals surface area contributed by atoms with Gasteiger partial charge in [-0.25, -0.2) is 9.97 Å². The van der Waals surface area contributed by atoms with Gasteiger partial charge in [-0.1, -0.05) is 0 Å². The normalized spacial score (nSPS) is 13.8. The molecule has 0 spiro atoms. The first-order valence-electron chi connectivity index (χ1n) is 6.74. The van der Waals surface area contributed by atoms with E-state index in [-0.39, 0.29) is 0 Å². The van der Waals surface area contributed by atoms with Crippen LogP contribution in [0.15, 0.2) is 12.5 Å². The van der Waals surface area contributed by atoms with Crippen molar-refractivity contribution in [3.05, 3.63) is 29.5 Å². The van der Waals surface area contributed by atoms with Gasteiger partial charge in [-0.05, 0) is 24.8 Å². The molecule has 0 radical (unpaired) electrons. The molecule has 0 amide bonds. The molecule has 0 bridgehead atoms. The van der Waals surface area contributed by atoms with Crippen LogP contribution in [0.1, 0.15) is 23.4 Å². The van der Waals surface area contributed by atoms with Gasteiger partial charge in [0.15, 0.2) is 5.65 Å². The fourth-order valence-corrected chi connectivity index (χ4v) is 2.70. The molecule has 0 fully saturated rings. The smallest absolute Gasteiger partial charge is 0.225 e. The average molecular weight is 269 g/mol. The summed E-state index contributed by atoms with van der Waals surface area (Å²) in [5, 5.41) is 10.7. The summed E-state index contributed by atoms with van der Waals surface area (Å²) in [6.07, 6.45) is 6.92. The highest BCUT2D eigenvalue weighted by Gasteiger charge is 2.18. The van der Waals surface area contributed by atoms with Crippen molar-refractivity contribution in [3.8, 4) is 0 Å². The minimum atomic E-state index is 0.607. The van der Waals surface area contributed by atoms with Crippen molar-refractivity contribution in [2.24, 2.45) is 7.05 Å². The molecule has 1 aliphatic rings. The lowest BCUT2D eigenvalue weighted by molar-refractivity contribution is 0.839. The SMILES string of the molecule is Cn1cnc2cnc(NCc3n[nH]c4c3CCC4)nc21. The highest BCUT2D eigenvalue weighted by molar-refractivity contribution is 5.70. The van der Waals surface area contributed by atoms with Crippen molar-refractivity contribution in [1.82, 2.24) is 29.7 Å². The highest BCUT2D eigenvalue weighted by Crippen LogP contribution is 2.23. The van der Waals surface area contributed by atoms with E-state index in [1.54, 1.807) is 12.5 Å². The van der Waals surface area contributed by atoms with Gasteiger partial charge in [-0.3, -0.25) is 5.10 Å². The van der Waals surface area contributed by atoms with Gasteiger partial charge < -0.3 is 9.88 Å². The van der Waals surface area contributed by atoms with Crippen molar-refractivity contribution < 1.29 is 0 Å². The van der Waals surface area contributed by atoms with Crippen molar-refractivity contribution in [2.75, 3.05) is 5.32 Å². The van der Waals surface area contributed by atoms with Crippen molar-refractivity contribution >= 4 is 17.1 Å². The predicted molar refractivity (Wildman–Crippen MR) is 74.2 cm³/mol. The number of aromatic nitrogens is 6. The van der Waals surface area contributed by atoms with E-state index in [0.29, 0.717) is 12.5 Å². The molecule has 0 saturated heterocycles. The second kappa shape index (κ2) is 4.29. The Morgan fingerprint density at radius 2 is 2.30 bits per heavy atom. The van der Waals surface area contributed by atoms with Crippen LogP contribution in [0.4, 0.5) is 5.95 Å². The number of H-pyrrole nitrogens is 1. The zero-order chi connectivity index (χ0) is 13.5. The van der Waals surface area contributed by atoms with Crippen LogP contribution in [0, 0.1) is 0 Å². The number of hydrogen-bond acceptors (Lipinski definition) is 5. The van der Waals surface area contributed by atoms with Gasteiger partial charge in [0.1, 0.15) is 5.52 Å². The Morgan fingerprint density at radius 1 is 1.35 bits per heavy atom. The molecule has 7 nitrogen and oxygen atoms in total. The van der Waals surface area contributed by atoms with Gasteiger partial charge in [-0.2, -0.15) is 10.1 Å². The maximum Gasteiger partial charge on any atom is 0.225 e. The van der Waals surface area contributed by atoms with Crippen LogP contribution in [0.2, 0.25) is 0 Å². The molecular weight excluding hydrogens is 254 g/mol. The van der Waals surface area contributed by atoms with Crippen molar-refractivity contribution in [2.45, 2.75) is 25.8 Å². The lowest BCUT2D eigenvalue weighted by Crippen LogP contribution is -2.06. The van der Waals surface area contributed by atoms with Gasteiger partial charge >= 0.3 is 0 Å². The van der Waals surface area contributed by atoms with Crippen LogP contribution in [-0.2, 0) is 26.4 Å².